The first-order valence-corrected chi connectivity index (χ1v) is 37.1. The lowest BCUT2D eigenvalue weighted by Gasteiger charge is -2.24. The molecule has 480 valence electrons. The second-order valence-electron chi connectivity index (χ2n) is 25.6. The maximum Gasteiger partial charge on any atom is 0.472 e. The van der Waals surface area contributed by atoms with Gasteiger partial charge in [-0.2, -0.15) is 0 Å². The number of hydrogen-bond acceptors (Lipinski definition) is 7. The number of ether oxygens (including phenoxy) is 2. The largest absolute Gasteiger partial charge is 0.472 e. The smallest absolute Gasteiger partial charge is 0.462 e. The predicted octanol–water partition coefficient (Wildman–Crippen LogP) is 22.9. The van der Waals surface area contributed by atoms with Gasteiger partial charge in [0.1, 0.15) is 19.8 Å². The van der Waals surface area contributed by atoms with E-state index in [4.69, 9.17) is 18.5 Å². The summed E-state index contributed by atoms with van der Waals surface area (Å²) in [7, 11) is 1.49. The van der Waals surface area contributed by atoms with E-state index in [9.17, 15) is 19.0 Å². The van der Waals surface area contributed by atoms with E-state index in [1.165, 1.54) is 289 Å². The van der Waals surface area contributed by atoms with Crippen molar-refractivity contribution in [3.05, 3.63) is 24.3 Å². The monoisotopic (exact) mass is 1170 g/mol. The molecule has 0 aromatic heterocycles. The normalized spacial score (nSPS) is 13.2. The predicted molar refractivity (Wildman–Crippen MR) is 349 cm³/mol. The zero-order valence-electron chi connectivity index (χ0n) is 54.8. The van der Waals surface area contributed by atoms with Crippen molar-refractivity contribution >= 4 is 19.8 Å². The number of quaternary nitrogens is 1. The Morgan fingerprint density at radius 1 is 0.383 bits per heavy atom. The van der Waals surface area contributed by atoms with Gasteiger partial charge in [0, 0.05) is 12.8 Å². The molecule has 0 bridgehead atoms. The Balaban J connectivity index is 3.92. The first kappa shape index (κ1) is 79.5. The summed E-state index contributed by atoms with van der Waals surface area (Å²) in [6.45, 7) is 4.49. The number of hydrogen-bond donors (Lipinski definition) is 1. The summed E-state index contributed by atoms with van der Waals surface area (Å²) in [5, 5.41) is 0. The summed E-state index contributed by atoms with van der Waals surface area (Å²) in [4.78, 5) is 35.8. The minimum Gasteiger partial charge on any atom is -0.462 e. The summed E-state index contributed by atoms with van der Waals surface area (Å²) in [5.74, 6) is -0.782. The number of nitrogens with zero attached hydrogens (tertiary/aromatic N) is 1. The third kappa shape index (κ3) is 67.5. The van der Waals surface area contributed by atoms with Gasteiger partial charge >= 0.3 is 19.8 Å². The molecule has 9 nitrogen and oxygen atoms in total. The molecule has 1 N–H and O–H groups in total. The van der Waals surface area contributed by atoms with Crippen molar-refractivity contribution in [2.75, 3.05) is 47.5 Å². The van der Waals surface area contributed by atoms with Crippen LogP contribution in [-0.4, -0.2) is 74.9 Å². The van der Waals surface area contributed by atoms with E-state index in [2.05, 4.69) is 38.2 Å². The summed E-state index contributed by atoms with van der Waals surface area (Å²) in [5.41, 5.74) is 0. The Kier molecular flexibility index (Phi) is 61.8. The topological polar surface area (TPSA) is 108 Å². The van der Waals surface area contributed by atoms with Crippen LogP contribution >= 0.6 is 7.82 Å². The fourth-order valence-electron chi connectivity index (χ4n) is 10.8. The Labute approximate surface area is 504 Å². The van der Waals surface area contributed by atoms with E-state index in [1.54, 1.807) is 0 Å². The first-order chi connectivity index (χ1) is 39.5. The molecule has 0 spiro atoms. The van der Waals surface area contributed by atoms with E-state index in [1.807, 2.05) is 21.1 Å². The number of phosphoric ester groups is 1. The van der Waals surface area contributed by atoms with Crippen LogP contribution in [0.15, 0.2) is 24.3 Å². The number of carbonyl (C=O) groups excluding carboxylic acids is 2. The van der Waals surface area contributed by atoms with Gasteiger partial charge in [0.25, 0.3) is 0 Å². The lowest BCUT2D eigenvalue weighted by molar-refractivity contribution is -0.870. The van der Waals surface area contributed by atoms with Gasteiger partial charge in [0.2, 0.25) is 0 Å². The Morgan fingerprint density at radius 3 is 0.975 bits per heavy atom. The van der Waals surface area contributed by atoms with Crippen LogP contribution in [0.5, 0.6) is 0 Å². The van der Waals surface area contributed by atoms with Crippen LogP contribution in [0.3, 0.4) is 0 Å². The van der Waals surface area contributed by atoms with Gasteiger partial charge in [-0.1, -0.05) is 334 Å². The van der Waals surface area contributed by atoms with E-state index in [0.717, 1.165) is 44.9 Å². The summed E-state index contributed by atoms with van der Waals surface area (Å²) >= 11 is 0. The fraction of sp³-hybridized carbons (Fsp3) is 0.915. The Bertz CT molecular complexity index is 1420. The van der Waals surface area contributed by atoms with Crippen molar-refractivity contribution in [3.63, 3.8) is 0 Å². The Hall–Kier alpha value is -1.51. The summed E-state index contributed by atoms with van der Waals surface area (Å²) in [6, 6.07) is 0. The number of carbonyl (C=O) groups is 2. The van der Waals surface area contributed by atoms with Crippen molar-refractivity contribution in [1.82, 2.24) is 0 Å². The van der Waals surface area contributed by atoms with Gasteiger partial charge in [-0.15, -0.1) is 0 Å². The highest BCUT2D eigenvalue weighted by Gasteiger charge is 2.27. The molecule has 10 heteroatoms. The first-order valence-electron chi connectivity index (χ1n) is 35.6. The van der Waals surface area contributed by atoms with Gasteiger partial charge in [0.15, 0.2) is 6.10 Å². The van der Waals surface area contributed by atoms with E-state index < -0.39 is 26.5 Å². The number of rotatable bonds is 67. The van der Waals surface area contributed by atoms with Gasteiger partial charge in [-0.25, -0.2) is 4.57 Å². The van der Waals surface area contributed by atoms with Crippen LogP contribution in [-0.2, 0) is 32.7 Å². The molecule has 0 saturated heterocycles. The minimum atomic E-state index is -4.39. The highest BCUT2D eigenvalue weighted by atomic mass is 31.2. The van der Waals surface area contributed by atoms with Gasteiger partial charge < -0.3 is 18.9 Å². The number of unbranched alkanes of at least 4 members (excludes halogenated alkanes) is 49. The van der Waals surface area contributed by atoms with Crippen LogP contribution in [0, 0.1) is 0 Å². The number of esters is 2. The average molecular weight is 1170 g/mol. The molecule has 0 radical (unpaired) electrons. The molecular weight excluding hydrogens is 1030 g/mol. The quantitative estimate of drug-likeness (QED) is 0.0211. The van der Waals surface area contributed by atoms with Crippen LogP contribution in [0.1, 0.15) is 367 Å². The van der Waals surface area contributed by atoms with Crippen LogP contribution in [0.4, 0.5) is 0 Å². The molecule has 0 aliphatic heterocycles. The van der Waals surface area contributed by atoms with E-state index in [0.29, 0.717) is 23.9 Å². The van der Waals surface area contributed by atoms with Crippen LogP contribution in [0.2, 0.25) is 0 Å². The molecular formula is C71H139NO8P+. The second kappa shape index (κ2) is 63.0. The lowest BCUT2D eigenvalue weighted by atomic mass is 10.0. The van der Waals surface area contributed by atoms with Crippen molar-refractivity contribution in [2.24, 2.45) is 0 Å². The Morgan fingerprint density at radius 2 is 0.667 bits per heavy atom. The zero-order chi connectivity index (χ0) is 59.1. The molecule has 81 heavy (non-hydrogen) atoms. The maximum atomic E-state index is 12.8. The van der Waals surface area contributed by atoms with Gasteiger partial charge in [-0.3, -0.25) is 18.6 Å². The van der Waals surface area contributed by atoms with Crippen molar-refractivity contribution in [2.45, 2.75) is 373 Å². The van der Waals surface area contributed by atoms with Gasteiger partial charge in [-0.05, 0) is 44.9 Å². The number of phosphoric acid groups is 1. The summed E-state index contributed by atoms with van der Waals surface area (Å²) < 4.78 is 34.7. The second-order valence-corrected chi connectivity index (χ2v) is 27.1. The maximum absolute atomic E-state index is 12.8. The SMILES string of the molecule is CCCCCCC/C=C\C/C=C\CCCCCCCCCCCC(=O)OC(COC(=O)CCCCCCCCCCCCCCCCCCCCCCCCCCCCCCCCCCCCCC)COP(=O)(O)OCC[N+](C)(C)C. The molecule has 0 heterocycles. The lowest BCUT2D eigenvalue weighted by Crippen LogP contribution is -2.37. The molecule has 0 fully saturated rings. The molecule has 0 aromatic rings. The molecule has 0 rings (SSSR count). The highest BCUT2D eigenvalue weighted by molar-refractivity contribution is 7.47. The number of allylic oxidation sites excluding steroid dienone is 4. The molecule has 0 saturated carbocycles. The minimum absolute atomic E-state index is 0.0335. The molecule has 0 amide bonds. The molecule has 0 aliphatic rings. The third-order valence-corrected chi connectivity index (χ3v) is 17.2. The summed E-state index contributed by atoms with van der Waals surface area (Å²) in [6.07, 6.45) is 78.7. The van der Waals surface area contributed by atoms with Gasteiger partial charge in [0.05, 0.1) is 27.7 Å². The van der Waals surface area contributed by atoms with Crippen molar-refractivity contribution in [3.8, 4) is 0 Å². The van der Waals surface area contributed by atoms with Crippen LogP contribution < -0.4 is 0 Å². The zero-order valence-corrected chi connectivity index (χ0v) is 55.7. The highest BCUT2D eigenvalue weighted by Crippen LogP contribution is 2.43. The molecule has 2 atom stereocenters. The molecule has 0 aliphatic carbocycles. The van der Waals surface area contributed by atoms with E-state index in [-0.39, 0.29) is 25.6 Å². The fourth-order valence-corrected chi connectivity index (χ4v) is 11.5. The van der Waals surface area contributed by atoms with E-state index >= 15 is 0 Å². The van der Waals surface area contributed by atoms with Crippen LogP contribution in [0.25, 0.3) is 0 Å². The third-order valence-electron chi connectivity index (χ3n) is 16.2. The molecule has 0 aromatic carbocycles. The average Bonchev–Trinajstić information content (AvgIpc) is 3.43. The standard InChI is InChI=1S/C71H138NO8P/c1-6-8-10-12-14-16-18-20-22-24-26-28-29-30-31-32-33-34-35-36-37-38-39-40-41-42-44-45-47-49-51-53-55-57-59-61-63-70(73)77-67-69(68-79-81(75,76)78-66-65-72(3,4)5)80-71(74)64-62-60-58-56-54-52-50-48-46-43-27-25-23-21-19-17-15-13-11-9-7-2/h19,21,25,27,69H,6-18,20,22-24,26,28-68H2,1-5H3/p+1/b21-19-,27-25-. The van der Waals surface area contributed by atoms with Crippen molar-refractivity contribution in [1.29, 1.82) is 0 Å². The molecule has 2 unspecified atom stereocenters. The number of likely N-dealkylation sites (N-methyl/N-ethyl adjacent to an activating group) is 1. The van der Waals surface area contributed by atoms with Crippen molar-refractivity contribution < 1.29 is 42.1 Å².